The lowest BCUT2D eigenvalue weighted by molar-refractivity contribution is -0.286. The molecule has 0 amide bonds. The Bertz CT molecular complexity index is 1570. The molecule has 2 heterocycles. The lowest BCUT2D eigenvalue weighted by Gasteiger charge is -2.45. The Hall–Kier alpha value is -3.34. The minimum atomic E-state index is -1.26. The van der Waals surface area contributed by atoms with Crippen LogP contribution in [0.15, 0.2) is 0 Å². The molecule has 8 atom stereocenters. The van der Waals surface area contributed by atoms with E-state index in [2.05, 4.69) is 34.6 Å². The Labute approximate surface area is 374 Å². The second-order valence-electron chi connectivity index (χ2n) is 19.3. The highest BCUT2D eigenvalue weighted by atomic mass is 16.7. The normalized spacial score (nSPS) is 23.2. The van der Waals surface area contributed by atoms with Crippen LogP contribution in [0.1, 0.15) is 206 Å². The summed E-state index contributed by atoms with van der Waals surface area (Å²) in [6.45, 7) is 23.3. The van der Waals surface area contributed by atoms with Crippen LogP contribution in [0.3, 0.4) is 0 Å². The van der Waals surface area contributed by atoms with Crippen molar-refractivity contribution >= 4 is 23.9 Å². The number of aliphatic carboxylic acids is 1. The van der Waals surface area contributed by atoms with Gasteiger partial charge in [-0.3, -0.25) is 19.2 Å². The lowest BCUT2D eigenvalue weighted by Crippen LogP contribution is -2.63. The van der Waals surface area contributed by atoms with E-state index in [-0.39, 0.29) is 31.3 Å². The molecule has 11 nitrogen and oxygen atoms in total. The smallest absolute Gasteiger partial charge is 0.306 e. The summed E-state index contributed by atoms with van der Waals surface area (Å²) >= 11 is 0. The number of rotatable bonds is 28. The molecule has 1 aromatic carbocycles. The molecule has 2 aliphatic heterocycles. The van der Waals surface area contributed by atoms with Crippen LogP contribution in [0.5, 0.6) is 11.5 Å². The van der Waals surface area contributed by atoms with E-state index in [1.807, 2.05) is 41.5 Å². The predicted octanol–water partition coefficient (Wildman–Crippen LogP) is 12.0. The molecule has 354 valence electrons. The summed E-state index contributed by atoms with van der Waals surface area (Å²) in [5, 5.41) is 9.32. The Morgan fingerprint density at radius 1 is 0.677 bits per heavy atom. The molecule has 62 heavy (non-hydrogen) atoms. The lowest BCUT2D eigenvalue weighted by atomic mass is 9.83. The number of carbonyl (C=O) groups is 4. The van der Waals surface area contributed by atoms with Crippen molar-refractivity contribution in [1.82, 2.24) is 0 Å². The molecule has 0 radical (unpaired) electrons. The van der Waals surface area contributed by atoms with Gasteiger partial charge in [-0.05, 0) is 120 Å². The minimum Gasteiger partial charge on any atom is -0.487 e. The van der Waals surface area contributed by atoms with Gasteiger partial charge in [-0.15, -0.1) is 0 Å². The summed E-state index contributed by atoms with van der Waals surface area (Å²) in [6, 6.07) is 0. The quantitative estimate of drug-likeness (QED) is 0.0488. The SMILES string of the molecule is CCCC(=O)O[C@@H]1[C@@H](OC(=O)CCC)[C@H](Oc2c(C)c(C)c3c(c2C)CC[C@@](C)(CCC[C@H](C)CCC[C@H](C)CCCC(C)C)O3)O[C@H](CCCCC(=O)O)[C@H]1OC(=O)CCC. The fourth-order valence-corrected chi connectivity index (χ4v) is 9.03. The van der Waals surface area contributed by atoms with E-state index in [0.717, 1.165) is 65.5 Å². The van der Waals surface area contributed by atoms with Gasteiger partial charge in [0.25, 0.3) is 0 Å². The van der Waals surface area contributed by atoms with Gasteiger partial charge in [0.05, 0.1) is 0 Å². The maximum Gasteiger partial charge on any atom is 0.306 e. The van der Waals surface area contributed by atoms with Crippen molar-refractivity contribution in [1.29, 1.82) is 0 Å². The summed E-state index contributed by atoms with van der Waals surface area (Å²) in [5.74, 6) is 1.27. The third kappa shape index (κ3) is 16.7. The first-order chi connectivity index (χ1) is 29.4. The first-order valence-corrected chi connectivity index (χ1v) is 24.4. The molecule has 1 saturated heterocycles. The van der Waals surface area contributed by atoms with Gasteiger partial charge < -0.3 is 33.5 Å². The Balaban J connectivity index is 1.87. The van der Waals surface area contributed by atoms with E-state index in [1.165, 1.54) is 44.9 Å². The van der Waals surface area contributed by atoms with Gasteiger partial charge in [0.15, 0.2) is 12.2 Å². The number of unbranched alkanes of at least 4 members (excludes halogenated alkanes) is 1. The number of fused-ring (bicyclic) bond motifs is 1. The van der Waals surface area contributed by atoms with Crippen LogP contribution >= 0.6 is 0 Å². The second kappa shape index (κ2) is 26.4. The van der Waals surface area contributed by atoms with Crippen LogP contribution in [0.25, 0.3) is 0 Å². The van der Waals surface area contributed by atoms with Crippen molar-refractivity contribution < 1.29 is 52.7 Å². The molecule has 3 rings (SSSR count). The third-order valence-corrected chi connectivity index (χ3v) is 13.0. The van der Waals surface area contributed by atoms with Crippen molar-refractivity contribution in [2.75, 3.05) is 0 Å². The molecule has 1 aromatic rings. The van der Waals surface area contributed by atoms with Crippen LogP contribution in [-0.4, -0.2) is 65.3 Å². The van der Waals surface area contributed by atoms with Crippen LogP contribution in [0.2, 0.25) is 0 Å². The highest BCUT2D eigenvalue weighted by Gasteiger charge is 2.53. The number of hydrogen-bond donors (Lipinski definition) is 1. The molecule has 1 N–H and O–H groups in total. The molecule has 2 aliphatic rings. The van der Waals surface area contributed by atoms with Crippen LogP contribution in [0, 0.1) is 38.5 Å². The number of ether oxygens (including phenoxy) is 6. The summed E-state index contributed by atoms with van der Waals surface area (Å²) in [6.07, 6.45) is 10.1. The maximum absolute atomic E-state index is 13.3. The van der Waals surface area contributed by atoms with Gasteiger partial charge in [-0.2, -0.15) is 0 Å². The summed E-state index contributed by atoms with van der Waals surface area (Å²) in [4.78, 5) is 51.0. The largest absolute Gasteiger partial charge is 0.487 e. The fourth-order valence-electron chi connectivity index (χ4n) is 9.03. The Morgan fingerprint density at radius 3 is 1.76 bits per heavy atom. The van der Waals surface area contributed by atoms with Gasteiger partial charge >= 0.3 is 23.9 Å². The zero-order valence-electron chi connectivity index (χ0n) is 40.5. The van der Waals surface area contributed by atoms with Gasteiger partial charge in [0, 0.05) is 31.2 Å². The average molecular weight is 873 g/mol. The molecule has 1 fully saturated rings. The third-order valence-electron chi connectivity index (χ3n) is 13.0. The van der Waals surface area contributed by atoms with Crippen LogP contribution in [0.4, 0.5) is 0 Å². The fraction of sp³-hybridized carbons (Fsp3) is 0.804. The summed E-state index contributed by atoms with van der Waals surface area (Å²) in [7, 11) is 0. The average Bonchev–Trinajstić information content (AvgIpc) is 3.19. The van der Waals surface area contributed by atoms with E-state index in [0.29, 0.717) is 50.2 Å². The molecular weight excluding hydrogens is 789 g/mol. The van der Waals surface area contributed by atoms with E-state index in [9.17, 15) is 24.3 Å². The molecule has 0 bridgehead atoms. The molecule has 0 unspecified atom stereocenters. The van der Waals surface area contributed by atoms with Crippen molar-refractivity contribution in [3.63, 3.8) is 0 Å². The first kappa shape index (κ1) is 53.0. The highest BCUT2D eigenvalue weighted by Crippen LogP contribution is 2.46. The molecule has 0 spiro atoms. The van der Waals surface area contributed by atoms with Crippen LogP contribution < -0.4 is 9.47 Å². The molecular formula is C51H84O11. The number of hydrogen-bond acceptors (Lipinski definition) is 10. The van der Waals surface area contributed by atoms with E-state index >= 15 is 0 Å². The number of carboxylic acid groups (broad SMARTS) is 1. The number of benzene rings is 1. The van der Waals surface area contributed by atoms with Crippen LogP contribution in [-0.2, 0) is 44.5 Å². The topological polar surface area (TPSA) is 144 Å². The molecule has 0 aromatic heterocycles. The van der Waals surface area contributed by atoms with Crippen molar-refractivity contribution in [3.05, 3.63) is 22.3 Å². The Morgan fingerprint density at radius 2 is 1.21 bits per heavy atom. The molecule has 0 aliphatic carbocycles. The maximum atomic E-state index is 13.3. The number of carboxylic acids is 1. The standard InChI is InChI=1S/C51H84O11/c1-12-20-42(54)58-47-40(28-15-16-29-41(52)53)57-50(49(60-44(56)22-14-3)48(47)59-43(55)21-13-2)61-45-36(8)37(9)46-39(38(45)10)30-32-51(11,62-46)31-19-27-35(7)26-18-25-34(6)24-17-23-33(4)5/h33-35,40,47-50H,12-32H2,1-11H3,(H,52,53)/t34-,35-,40-,47-,48+,49-,50+,51-/m1/s1. The summed E-state index contributed by atoms with van der Waals surface area (Å²) in [5.41, 5.74) is 3.49. The van der Waals surface area contributed by atoms with Crippen molar-refractivity contribution in [3.8, 4) is 11.5 Å². The molecule has 0 saturated carbocycles. The summed E-state index contributed by atoms with van der Waals surface area (Å²) < 4.78 is 38.6. The van der Waals surface area contributed by atoms with Crippen molar-refractivity contribution in [2.24, 2.45) is 17.8 Å². The molecule has 11 heteroatoms. The monoisotopic (exact) mass is 873 g/mol. The zero-order chi connectivity index (χ0) is 46.0. The highest BCUT2D eigenvalue weighted by molar-refractivity contribution is 5.72. The second-order valence-corrected chi connectivity index (χ2v) is 19.3. The number of carbonyl (C=O) groups excluding carboxylic acids is 3. The first-order valence-electron chi connectivity index (χ1n) is 24.4. The van der Waals surface area contributed by atoms with Gasteiger partial charge in [0.2, 0.25) is 12.4 Å². The minimum absolute atomic E-state index is 0.0373. The van der Waals surface area contributed by atoms with Gasteiger partial charge in [0.1, 0.15) is 23.2 Å². The van der Waals surface area contributed by atoms with E-state index in [4.69, 9.17) is 28.4 Å². The van der Waals surface area contributed by atoms with Gasteiger partial charge in [-0.1, -0.05) is 99.8 Å². The Kier molecular flexibility index (Phi) is 22.6. The predicted molar refractivity (Wildman–Crippen MR) is 242 cm³/mol. The zero-order valence-corrected chi connectivity index (χ0v) is 40.5. The van der Waals surface area contributed by atoms with Gasteiger partial charge in [-0.25, -0.2) is 0 Å². The number of esters is 3. The van der Waals surface area contributed by atoms with Crippen molar-refractivity contribution in [2.45, 2.75) is 247 Å². The van der Waals surface area contributed by atoms with E-state index in [1.54, 1.807) is 0 Å². The van der Waals surface area contributed by atoms with E-state index < -0.39 is 54.6 Å².